The van der Waals surface area contributed by atoms with Gasteiger partial charge in [0.05, 0.1) is 4.92 Å². The summed E-state index contributed by atoms with van der Waals surface area (Å²) >= 11 is 0. The molecular formula is C16H17FN2O3. The lowest BCUT2D eigenvalue weighted by Crippen LogP contribution is -2.24. The number of hydrogen-bond donors (Lipinski definition) is 0. The molecule has 0 aromatic heterocycles. The van der Waals surface area contributed by atoms with E-state index in [1.165, 1.54) is 18.2 Å². The molecule has 0 saturated carbocycles. The van der Waals surface area contributed by atoms with E-state index in [0.29, 0.717) is 31.0 Å². The Morgan fingerprint density at radius 3 is 2.55 bits per heavy atom. The Hall–Kier alpha value is -2.47. The van der Waals surface area contributed by atoms with Crippen molar-refractivity contribution in [3.05, 3.63) is 70.0 Å². The Kier molecular flexibility index (Phi) is 5.43. The number of hydrogen-bond acceptors (Lipinski definition) is 4. The van der Waals surface area contributed by atoms with Crippen molar-refractivity contribution < 1.29 is 14.1 Å². The number of likely N-dealkylation sites (N-methyl/N-ethyl adjacent to an activating group) is 1. The van der Waals surface area contributed by atoms with Crippen LogP contribution in [-0.4, -0.2) is 30.0 Å². The molecular weight excluding hydrogens is 287 g/mol. The molecule has 0 aliphatic carbocycles. The van der Waals surface area contributed by atoms with Crippen LogP contribution in [0.4, 0.5) is 10.1 Å². The monoisotopic (exact) mass is 304 g/mol. The average Bonchev–Trinajstić information content (AvgIpc) is 2.49. The summed E-state index contributed by atoms with van der Waals surface area (Å²) < 4.78 is 18.3. The molecule has 0 atom stereocenters. The second-order valence-electron chi connectivity index (χ2n) is 4.93. The molecule has 2 aromatic rings. The molecule has 2 rings (SSSR count). The SMILES string of the molecule is CN(CCOc1ccc(F)cc1)Cc1ccccc1[N+](=O)[O-]. The lowest BCUT2D eigenvalue weighted by Gasteiger charge is -2.17. The van der Waals surface area contributed by atoms with Crippen molar-refractivity contribution in [1.29, 1.82) is 0 Å². The van der Waals surface area contributed by atoms with Crippen LogP contribution in [0.15, 0.2) is 48.5 Å². The van der Waals surface area contributed by atoms with Gasteiger partial charge in [-0.3, -0.25) is 15.0 Å². The van der Waals surface area contributed by atoms with Crippen LogP contribution in [0, 0.1) is 15.9 Å². The number of ether oxygens (including phenoxy) is 1. The van der Waals surface area contributed by atoms with Gasteiger partial charge < -0.3 is 4.74 Å². The van der Waals surface area contributed by atoms with E-state index in [1.54, 1.807) is 30.3 Å². The van der Waals surface area contributed by atoms with Gasteiger partial charge in [0, 0.05) is 24.7 Å². The third kappa shape index (κ3) is 4.53. The van der Waals surface area contributed by atoms with E-state index in [1.807, 2.05) is 11.9 Å². The summed E-state index contributed by atoms with van der Waals surface area (Å²) in [5, 5.41) is 11.0. The minimum Gasteiger partial charge on any atom is -0.492 e. The van der Waals surface area contributed by atoms with E-state index in [0.717, 1.165) is 0 Å². The third-order valence-corrected chi connectivity index (χ3v) is 3.18. The fourth-order valence-electron chi connectivity index (χ4n) is 2.04. The van der Waals surface area contributed by atoms with E-state index < -0.39 is 0 Å². The Morgan fingerprint density at radius 2 is 1.86 bits per heavy atom. The summed E-state index contributed by atoms with van der Waals surface area (Å²) in [5.41, 5.74) is 0.783. The Balaban J connectivity index is 1.84. The molecule has 0 N–H and O–H groups in total. The zero-order chi connectivity index (χ0) is 15.9. The molecule has 2 aromatic carbocycles. The standard InChI is InChI=1S/C16H17FN2O3/c1-18(10-11-22-15-8-6-14(17)7-9-15)12-13-4-2-3-5-16(13)19(20)21/h2-9H,10-12H2,1H3. The predicted molar refractivity (Wildman–Crippen MR) is 81.3 cm³/mol. The Bertz CT molecular complexity index is 632. The second kappa shape index (κ2) is 7.51. The fourth-order valence-corrected chi connectivity index (χ4v) is 2.04. The molecule has 0 aliphatic heterocycles. The van der Waals surface area contributed by atoms with Crippen molar-refractivity contribution in [2.75, 3.05) is 20.2 Å². The minimum absolute atomic E-state index is 0.119. The van der Waals surface area contributed by atoms with Crippen LogP contribution >= 0.6 is 0 Å². The number of nitro benzene ring substituents is 1. The van der Waals surface area contributed by atoms with Crippen LogP contribution in [0.5, 0.6) is 5.75 Å². The number of rotatable bonds is 7. The first-order chi connectivity index (χ1) is 10.6. The van der Waals surface area contributed by atoms with Gasteiger partial charge in [0.2, 0.25) is 0 Å². The topological polar surface area (TPSA) is 55.6 Å². The number of nitro groups is 1. The lowest BCUT2D eigenvalue weighted by atomic mass is 10.1. The highest BCUT2D eigenvalue weighted by Crippen LogP contribution is 2.19. The van der Waals surface area contributed by atoms with Gasteiger partial charge in [-0.05, 0) is 31.3 Å². The quantitative estimate of drug-likeness (QED) is 0.582. The molecule has 0 saturated heterocycles. The highest BCUT2D eigenvalue weighted by Gasteiger charge is 2.13. The minimum atomic E-state index is -0.377. The molecule has 0 bridgehead atoms. The Morgan fingerprint density at radius 1 is 1.18 bits per heavy atom. The van der Waals surface area contributed by atoms with Crippen molar-refractivity contribution in [2.45, 2.75) is 6.54 Å². The maximum Gasteiger partial charge on any atom is 0.273 e. The normalized spacial score (nSPS) is 10.7. The summed E-state index contributed by atoms with van der Waals surface area (Å²) in [4.78, 5) is 12.5. The molecule has 0 unspecified atom stereocenters. The molecule has 116 valence electrons. The largest absolute Gasteiger partial charge is 0.492 e. The second-order valence-corrected chi connectivity index (χ2v) is 4.93. The van der Waals surface area contributed by atoms with Crippen LogP contribution in [0.2, 0.25) is 0 Å². The van der Waals surface area contributed by atoms with Crippen molar-refractivity contribution in [3.8, 4) is 5.75 Å². The molecule has 0 heterocycles. The average molecular weight is 304 g/mol. The van der Waals surface area contributed by atoms with Crippen molar-refractivity contribution >= 4 is 5.69 Å². The van der Waals surface area contributed by atoms with Crippen molar-refractivity contribution in [1.82, 2.24) is 4.90 Å². The zero-order valence-electron chi connectivity index (χ0n) is 12.2. The van der Waals surface area contributed by atoms with Crippen LogP contribution in [0.3, 0.4) is 0 Å². The van der Waals surface area contributed by atoms with E-state index in [-0.39, 0.29) is 16.4 Å². The summed E-state index contributed by atoms with van der Waals surface area (Å²) in [6, 6.07) is 12.5. The van der Waals surface area contributed by atoms with Crippen LogP contribution in [-0.2, 0) is 6.54 Å². The summed E-state index contributed by atoms with van der Waals surface area (Å²) in [7, 11) is 1.87. The Labute approximate surface area is 128 Å². The molecule has 6 heteroatoms. The maximum absolute atomic E-state index is 12.8. The van der Waals surface area contributed by atoms with Gasteiger partial charge in [-0.15, -0.1) is 0 Å². The first-order valence-corrected chi connectivity index (χ1v) is 6.85. The molecule has 0 fully saturated rings. The van der Waals surface area contributed by atoms with Gasteiger partial charge in [0.1, 0.15) is 18.2 Å². The number of benzene rings is 2. The number of halogens is 1. The van der Waals surface area contributed by atoms with Gasteiger partial charge in [-0.1, -0.05) is 18.2 Å². The fraction of sp³-hybridized carbons (Fsp3) is 0.250. The molecule has 5 nitrogen and oxygen atoms in total. The third-order valence-electron chi connectivity index (χ3n) is 3.18. The van der Waals surface area contributed by atoms with Gasteiger partial charge in [0.15, 0.2) is 0 Å². The van der Waals surface area contributed by atoms with Gasteiger partial charge in [-0.2, -0.15) is 0 Å². The lowest BCUT2D eigenvalue weighted by molar-refractivity contribution is -0.385. The van der Waals surface area contributed by atoms with Crippen LogP contribution < -0.4 is 4.74 Å². The van der Waals surface area contributed by atoms with Crippen LogP contribution in [0.1, 0.15) is 5.56 Å². The molecule has 0 radical (unpaired) electrons. The number of para-hydroxylation sites is 1. The molecule has 0 spiro atoms. The first kappa shape index (κ1) is 15.9. The van der Waals surface area contributed by atoms with E-state index in [4.69, 9.17) is 4.74 Å². The summed E-state index contributed by atoms with van der Waals surface area (Å²) in [6.45, 7) is 1.48. The molecule has 22 heavy (non-hydrogen) atoms. The van der Waals surface area contributed by atoms with Crippen LogP contribution in [0.25, 0.3) is 0 Å². The highest BCUT2D eigenvalue weighted by molar-refractivity contribution is 5.39. The van der Waals surface area contributed by atoms with Gasteiger partial charge >= 0.3 is 0 Å². The zero-order valence-corrected chi connectivity index (χ0v) is 12.2. The van der Waals surface area contributed by atoms with Crippen molar-refractivity contribution in [3.63, 3.8) is 0 Å². The first-order valence-electron chi connectivity index (χ1n) is 6.85. The number of nitrogens with zero attached hydrogens (tertiary/aromatic N) is 2. The predicted octanol–water partition coefficient (Wildman–Crippen LogP) is 3.24. The smallest absolute Gasteiger partial charge is 0.273 e. The molecule has 0 amide bonds. The van der Waals surface area contributed by atoms with E-state index in [2.05, 4.69) is 0 Å². The van der Waals surface area contributed by atoms with E-state index in [9.17, 15) is 14.5 Å². The van der Waals surface area contributed by atoms with Gasteiger partial charge in [0.25, 0.3) is 5.69 Å². The van der Waals surface area contributed by atoms with Crippen molar-refractivity contribution in [2.24, 2.45) is 0 Å². The van der Waals surface area contributed by atoms with E-state index >= 15 is 0 Å². The highest BCUT2D eigenvalue weighted by atomic mass is 19.1. The summed E-state index contributed by atoms with van der Waals surface area (Å²) in [6.07, 6.45) is 0. The molecule has 0 aliphatic rings. The summed E-state index contributed by atoms with van der Waals surface area (Å²) in [5.74, 6) is 0.293. The maximum atomic E-state index is 12.8. The van der Waals surface area contributed by atoms with Gasteiger partial charge in [-0.25, -0.2) is 4.39 Å².